The van der Waals surface area contributed by atoms with Gasteiger partial charge in [-0.25, -0.2) is 23.4 Å². The molecule has 1 amide bonds. The zero-order valence-corrected chi connectivity index (χ0v) is 22.5. The summed E-state index contributed by atoms with van der Waals surface area (Å²) >= 11 is 1.69. The molecule has 4 aromatic rings. The summed E-state index contributed by atoms with van der Waals surface area (Å²) in [5.74, 6) is 0.898. The predicted molar refractivity (Wildman–Crippen MR) is 149 cm³/mol. The number of hydrogen-bond acceptors (Lipinski definition) is 5. The second-order valence-corrected chi connectivity index (χ2v) is 10.2. The lowest BCUT2D eigenvalue weighted by atomic mass is 10.2. The first-order valence-electron chi connectivity index (χ1n) is 12.7. The molecule has 0 radical (unpaired) electrons. The van der Waals surface area contributed by atoms with Crippen molar-refractivity contribution in [3.8, 4) is 22.8 Å². The molecule has 2 aromatic carbocycles. The molecule has 0 aliphatic carbocycles. The second-order valence-electron chi connectivity index (χ2n) is 9.12. The number of carbonyl (C=O) groups excluding carboxylic acids is 1. The van der Waals surface area contributed by atoms with Crippen LogP contribution >= 0.6 is 11.3 Å². The van der Waals surface area contributed by atoms with E-state index in [4.69, 9.17) is 0 Å². The molecule has 0 spiro atoms. The molecule has 0 saturated carbocycles. The lowest BCUT2D eigenvalue weighted by molar-refractivity contribution is -0.133. The van der Waals surface area contributed by atoms with E-state index in [-0.39, 0.29) is 24.1 Å². The van der Waals surface area contributed by atoms with Crippen molar-refractivity contribution < 1.29 is 13.6 Å². The summed E-state index contributed by atoms with van der Waals surface area (Å²) in [5.41, 5.74) is 2.36. The molecule has 0 bridgehead atoms. The van der Waals surface area contributed by atoms with Crippen molar-refractivity contribution in [2.45, 2.75) is 20.4 Å². The minimum absolute atomic E-state index is 0.0237. The average Bonchev–Trinajstić information content (AvgIpc) is 3.56. The number of benzene rings is 2. The van der Waals surface area contributed by atoms with E-state index >= 15 is 0 Å². The lowest BCUT2D eigenvalue weighted by Gasteiger charge is -2.36. The Balaban J connectivity index is 1.34. The van der Waals surface area contributed by atoms with Gasteiger partial charge in [0.05, 0.1) is 0 Å². The number of aliphatic imine (C=N–C) groups is 1. The van der Waals surface area contributed by atoms with Crippen LogP contribution in [0.4, 0.5) is 8.78 Å². The predicted octanol–water partition coefficient (Wildman–Crippen LogP) is 5.38. The topological polar surface area (TPSA) is 66.6 Å². The first-order valence-corrected chi connectivity index (χ1v) is 13.5. The van der Waals surface area contributed by atoms with E-state index in [9.17, 15) is 13.6 Å². The Labute approximate surface area is 229 Å². The summed E-state index contributed by atoms with van der Waals surface area (Å²) in [6, 6.07) is 13.8. The Hall–Kier alpha value is -4.18. The molecule has 1 aliphatic heterocycles. The van der Waals surface area contributed by atoms with Crippen LogP contribution in [-0.4, -0.2) is 62.5 Å². The van der Waals surface area contributed by atoms with Gasteiger partial charge in [-0.2, -0.15) is 0 Å². The molecular formula is C29H28F2N6OS. The second kappa shape index (κ2) is 11.7. The Morgan fingerprint density at radius 1 is 0.949 bits per heavy atom. The van der Waals surface area contributed by atoms with Crippen LogP contribution in [0.25, 0.3) is 22.8 Å². The number of piperazine rings is 1. The van der Waals surface area contributed by atoms with E-state index in [0.29, 0.717) is 49.0 Å². The standard InChI is InChI=1S/C29H28F2N6OS/c1-3-13-32-29(25-12-18-39-20(25)2)36-16-14-35(15-17-36)26(38)19-37-28(22-6-10-24(31)11-7-22)33-27(34-37)21-4-8-23(30)9-5-21/h3-13,18H,14-17,19H2,1-2H3. The molecule has 39 heavy (non-hydrogen) atoms. The van der Waals surface area contributed by atoms with Crippen molar-refractivity contribution >= 4 is 23.1 Å². The van der Waals surface area contributed by atoms with Crippen LogP contribution in [0.15, 0.2) is 77.2 Å². The molecule has 1 fully saturated rings. The van der Waals surface area contributed by atoms with Gasteiger partial charge in [-0.05, 0) is 73.8 Å². The lowest BCUT2D eigenvalue weighted by Crippen LogP contribution is -2.51. The van der Waals surface area contributed by atoms with Crippen molar-refractivity contribution in [2.75, 3.05) is 26.2 Å². The number of amidine groups is 1. The van der Waals surface area contributed by atoms with Gasteiger partial charge in [0.15, 0.2) is 11.6 Å². The van der Waals surface area contributed by atoms with E-state index in [1.165, 1.54) is 33.8 Å². The summed E-state index contributed by atoms with van der Waals surface area (Å²) in [6.07, 6.45) is 3.70. The zero-order valence-electron chi connectivity index (χ0n) is 21.7. The molecule has 0 unspecified atom stereocenters. The highest BCUT2D eigenvalue weighted by Crippen LogP contribution is 2.24. The highest BCUT2D eigenvalue weighted by atomic mass is 32.1. The Bertz CT molecular complexity index is 1500. The van der Waals surface area contributed by atoms with Crippen LogP contribution in [0.2, 0.25) is 0 Å². The third kappa shape index (κ3) is 5.96. The maximum atomic E-state index is 13.6. The normalized spacial score (nSPS) is 14.4. The maximum absolute atomic E-state index is 13.6. The number of aryl methyl sites for hydroxylation is 1. The first-order chi connectivity index (χ1) is 18.9. The smallest absolute Gasteiger partial charge is 0.244 e. The zero-order chi connectivity index (χ0) is 27.4. The molecule has 7 nitrogen and oxygen atoms in total. The summed E-state index contributed by atoms with van der Waals surface area (Å²) < 4.78 is 28.6. The Kier molecular flexibility index (Phi) is 7.92. The largest absolute Gasteiger partial charge is 0.353 e. The molecule has 2 aromatic heterocycles. The fraction of sp³-hybridized carbons (Fsp3) is 0.241. The van der Waals surface area contributed by atoms with Crippen molar-refractivity contribution in [1.29, 1.82) is 0 Å². The van der Waals surface area contributed by atoms with Crippen molar-refractivity contribution in [1.82, 2.24) is 24.6 Å². The first kappa shape index (κ1) is 26.4. The van der Waals surface area contributed by atoms with E-state index in [0.717, 1.165) is 11.4 Å². The van der Waals surface area contributed by atoms with Gasteiger partial charge in [-0.1, -0.05) is 6.08 Å². The van der Waals surface area contributed by atoms with Crippen molar-refractivity contribution in [2.24, 2.45) is 4.99 Å². The molecule has 10 heteroatoms. The maximum Gasteiger partial charge on any atom is 0.244 e. The molecular weight excluding hydrogens is 518 g/mol. The molecule has 0 N–H and O–H groups in total. The van der Waals surface area contributed by atoms with E-state index in [1.54, 1.807) is 41.8 Å². The van der Waals surface area contributed by atoms with Crippen LogP contribution in [0.3, 0.4) is 0 Å². The fourth-order valence-corrected chi connectivity index (χ4v) is 5.16. The number of nitrogens with zero attached hydrogens (tertiary/aromatic N) is 6. The van der Waals surface area contributed by atoms with Crippen LogP contribution in [0.1, 0.15) is 17.4 Å². The monoisotopic (exact) mass is 546 g/mol. The van der Waals surface area contributed by atoms with Crippen molar-refractivity contribution in [3.63, 3.8) is 0 Å². The Morgan fingerprint density at radius 3 is 2.15 bits per heavy atom. The summed E-state index contributed by atoms with van der Waals surface area (Å²) in [6.45, 7) is 6.39. The van der Waals surface area contributed by atoms with Gasteiger partial charge in [0.2, 0.25) is 5.91 Å². The number of allylic oxidation sites excluding steroid dienone is 1. The van der Waals surface area contributed by atoms with Gasteiger partial charge < -0.3 is 9.80 Å². The third-order valence-electron chi connectivity index (χ3n) is 6.54. The summed E-state index contributed by atoms with van der Waals surface area (Å²) in [4.78, 5) is 27.9. The number of rotatable bonds is 6. The van der Waals surface area contributed by atoms with Crippen LogP contribution in [0, 0.1) is 18.6 Å². The highest BCUT2D eigenvalue weighted by Gasteiger charge is 2.26. The fourth-order valence-electron chi connectivity index (χ4n) is 4.47. The Morgan fingerprint density at radius 2 is 1.56 bits per heavy atom. The number of hydrogen-bond donors (Lipinski definition) is 0. The van der Waals surface area contributed by atoms with Crippen molar-refractivity contribution in [3.05, 3.63) is 94.3 Å². The molecule has 200 valence electrons. The van der Waals surface area contributed by atoms with Gasteiger partial charge in [0.1, 0.15) is 24.0 Å². The van der Waals surface area contributed by atoms with Crippen LogP contribution < -0.4 is 0 Å². The number of halogens is 2. The number of aromatic nitrogens is 3. The van der Waals surface area contributed by atoms with Gasteiger partial charge in [0.25, 0.3) is 0 Å². The van der Waals surface area contributed by atoms with Gasteiger partial charge in [0, 0.05) is 53.9 Å². The number of carbonyl (C=O) groups is 1. The van der Waals surface area contributed by atoms with E-state index < -0.39 is 0 Å². The minimum Gasteiger partial charge on any atom is -0.353 e. The third-order valence-corrected chi connectivity index (χ3v) is 7.38. The summed E-state index contributed by atoms with van der Waals surface area (Å²) in [7, 11) is 0. The molecule has 0 atom stereocenters. The summed E-state index contributed by atoms with van der Waals surface area (Å²) in [5, 5.41) is 6.63. The molecule has 1 aliphatic rings. The van der Waals surface area contributed by atoms with Gasteiger partial charge in [-0.3, -0.25) is 4.79 Å². The average molecular weight is 547 g/mol. The van der Waals surface area contributed by atoms with E-state index in [2.05, 4.69) is 38.3 Å². The highest BCUT2D eigenvalue weighted by molar-refractivity contribution is 7.10. The molecule has 3 heterocycles. The van der Waals surface area contributed by atoms with Gasteiger partial charge in [-0.15, -0.1) is 16.4 Å². The molecule has 1 saturated heterocycles. The minimum atomic E-state index is -0.368. The number of amides is 1. The number of thiophene rings is 1. The molecule has 5 rings (SSSR count). The van der Waals surface area contributed by atoms with E-state index in [1.807, 2.05) is 17.9 Å². The van der Waals surface area contributed by atoms with Gasteiger partial charge >= 0.3 is 0 Å². The van der Waals surface area contributed by atoms with Crippen LogP contribution in [-0.2, 0) is 11.3 Å². The SMILES string of the molecule is CC=CN=C(c1ccsc1C)N1CCN(C(=O)Cn2nc(-c3ccc(F)cc3)nc2-c2ccc(F)cc2)CC1. The quantitative estimate of drug-likeness (QED) is 0.241. The van der Waals surface area contributed by atoms with Crippen LogP contribution in [0.5, 0.6) is 0 Å².